The summed E-state index contributed by atoms with van der Waals surface area (Å²) in [7, 11) is 1.60. The van der Waals surface area contributed by atoms with Crippen LogP contribution in [0.3, 0.4) is 0 Å². The van der Waals surface area contributed by atoms with Crippen LogP contribution in [0.15, 0.2) is 59.7 Å². The highest BCUT2D eigenvalue weighted by atomic mass is 16.5. The van der Waals surface area contributed by atoms with Gasteiger partial charge in [-0.3, -0.25) is 4.79 Å². The largest absolute Gasteiger partial charge is 0.495 e. The van der Waals surface area contributed by atoms with E-state index in [-0.39, 0.29) is 24.7 Å². The van der Waals surface area contributed by atoms with E-state index < -0.39 is 0 Å². The number of imidazole rings is 1. The summed E-state index contributed by atoms with van der Waals surface area (Å²) in [5.74, 6) is 1.10. The maximum atomic E-state index is 12.8. The second kappa shape index (κ2) is 10.1. The van der Waals surface area contributed by atoms with Crippen LogP contribution in [0.2, 0.25) is 0 Å². The SMILES string of the molecule is COc1ccc(C(=O)NCCO)cc1N1CCN(c2ncnc3c2[nH]c(=O)n3-c2ccccc2)CC1. The van der Waals surface area contributed by atoms with Gasteiger partial charge in [0.15, 0.2) is 11.5 Å². The number of carbonyl (C=O) groups excluding carboxylic acids is 1. The second-order valence-electron chi connectivity index (χ2n) is 8.34. The number of piperazine rings is 1. The van der Waals surface area contributed by atoms with Crippen molar-refractivity contribution >= 4 is 28.6 Å². The number of aliphatic hydroxyl groups is 1. The number of anilines is 2. The van der Waals surface area contributed by atoms with Crippen LogP contribution in [-0.4, -0.2) is 77.0 Å². The normalized spacial score (nSPS) is 13.7. The van der Waals surface area contributed by atoms with Crippen molar-refractivity contribution in [2.75, 3.05) is 56.2 Å². The first-order valence-corrected chi connectivity index (χ1v) is 11.7. The molecule has 0 aliphatic carbocycles. The van der Waals surface area contributed by atoms with Gasteiger partial charge in [0.05, 0.1) is 25.1 Å². The summed E-state index contributed by atoms with van der Waals surface area (Å²) >= 11 is 0. The molecule has 4 aromatic rings. The van der Waals surface area contributed by atoms with Gasteiger partial charge in [0.1, 0.15) is 17.6 Å². The number of benzene rings is 2. The van der Waals surface area contributed by atoms with Crippen LogP contribution < -0.4 is 25.5 Å². The van der Waals surface area contributed by atoms with Crippen LogP contribution in [0.4, 0.5) is 11.5 Å². The number of aromatic amines is 1. The number of rotatable bonds is 7. The average Bonchev–Trinajstić information content (AvgIpc) is 3.27. The number of ether oxygens (including phenoxy) is 1. The van der Waals surface area contributed by atoms with Crippen molar-refractivity contribution in [3.05, 3.63) is 70.9 Å². The first kappa shape index (κ1) is 23.4. The fourth-order valence-corrected chi connectivity index (χ4v) is 4.47. The van der Waals surface area contributed by atoms with Crippen molar-refractivity contribution < 1.29 is 14.6 Å². The summed E-state index contributed by atoms with van der Waals surface area (Å²) in [4.78, 5) is 41.3. The van der Waals surface area contributed by atoms with Gasteiger partial charge in [0.2, 0.25) is 0 Å². The molecule has 3 N–H and O–H groups in total. The average molecular weight is 490 g/mol. The minimum atomic E-state index is -0.266. The van der Waals surface area contributed by atoms with E-state index in [1.807, 2.05) is 36.4 Å². The summed E-state index contributed by atoms with van der Waals surface area (Å²) in [6.45, 7) is 2.69. The van der Waals surface area contributed by atoms with Crippen LogP contribution in [0.25, 0.3) is 16.9 Å². The minimum Gasteiger partial charge on any atom is -0.495 e. The number of amides is 1. The number of methoxy groups -OCH3 is 1. The lowest BCUT2D eigenvalue weighted by molar-refractivity contribution is 0.0944. The highest BCUT2D eigenvalue weighted by Crippen LogP contribution is 2.31. The lowest BCUT2D eigenvalue weighted by atomic mass is 10.1. The number of aromatic nitrogens is 4. The molecule has 11 nitrogen and oxygen atoms in total. The Morgan fingerprint density at radius 2 is 1.83 bits per heavy atom. The number of nitrogens with one attached hydrogen (secondary N) is 2. The fraction of sp³-hybridized carbons (Fsp3) is 0.280. The molecule has 2 aromatic heterocycles. The third-order valence-electron chi connectivity index (χ3n) is 6.23. The van der Waals surface area contributed by atoms with Crippen LogP contribution in [0, 0.1) is 0 Å². The standard InChI is InChI=1S/C25H27N7O4/c1-36-20-8-7-17(24(34)26-9-14-33)15-19(20)30-10-12-31(13-11-30)22-21-23(28-16-27-22)32(25(35)29-21)18-5-3-2-4-6-18/h2-8,15-16,33H,9-14H2,1H3,(H,26,34)(H,29,35). The highest BCUT2D eigenvalue weighted by molar-refractivity contribution is 5.95. The van der Waals surface area contributed by atoms with E-state index in [0.717, 1.165) is 11.4 Å². The van der Waals surface area contributed by atoms with Crippen LogP contribution >= 0.6 is 0 Å². The van der Waals surface area contributed by atoms with Gasteiger partial charge in [0.25, 0.3) is 5.91 Å². The predicted octanol–water partition coefficient (Wildman–Crippen LogP) is 1.17. The van der Waals surface area contributed by atoms with Crippen molar-refractivity contribution in [1.29, 1.82) is 0 Å². The van der Waals surface area contributed by atoms with Gasteiger partial charge in [-0.05, 0) is 30.3 Å². The van der Waals surface area contributed by atoms with Gasteiger partial charge >= 0.3 is 5.69 Å². The van der Waals surface area contributed by atoms with Crippen molar-refractivity contribution in [3.8, 4) is 11.4 Å². The molecule has 0 radical (unpaired) electrons. The van der Waals surface area contributed by atoms with E-state index in [0.29, 0.717) is 54.5 Å². The monoisotopic (exact) mass is 489 g/mol. The molecule has 0 unspecified atom stereocenters. The fourth-order valence-electron chi connectivity index (χ4n) is 4.47. The van der Waals surface area contributed by atoms with Gasteiger partial charge in [0, 0.05) is 38.3 Å². The Hall–Kier alpha value is -4.38. The lowest BCUT2D eigenvalue weighted by Crippen LogP contribution is -2.47. The number of H-pyrrole nitrogens is 1. The minimum absolute atomic E-state index is 0.118. The van der Waals surface area contributed by atoms with Gasteiger partial charge in [-0.1, -0.05) is 18.2 Å². The number of aliphatic hydroxyl groups excluding tert-OH is 1. The van der Waals surface area contributed by atoms with E-state index in [2.05, 4.69) is 30.1 Å². The molecule has 1 aliphatic rings. The molecular weight excluding hydrogens is 462 g/mol. The Labute approximate surface area is 207 Å². The van der Waals surface area contributed by atoms with Crippen molar-refractivity contribution in [2.24, 2.45) is 0 Å². The Morgan fingerprint density at radius 1 is 1.08 bits per heavy atom. The van der Waals surface area contributed by atoms with Crippen molar-refractivity contribution in [1.82, 2.24) is 24.8 Å². The van der Waals surface area contributed by atoms with Crippen molar-refractivity contribution in [3.63, 3.8) is 0 Å². The summed E-state index contributed by atoms with van der Waals surface area (Å²) < 4.78 is 7.10. The molecule has 0 spiro atoms. The Balaban J connectivity index is 1.39. The van der Waals surface area contributed by atoms with Crippen LogP contribution in [0.5, 0.6) is 5.75 Å². The molecule has 1 saturated heterocycles. The van der Waals surface area contributed by atoms with Crippen LogP contribution in [-0.2, 0) is 0 Å². The molecule has 11 heteroatoms. The van der Waals surface area contributed by atoms with E-state index in [1.54, 1.807) is 23.8 Å². The predicted molar refractivity (Wildman–Crippen MR) is 136 cm³/mol. The molecule has 5 rings (SSSR count). The third-order valence-corrected chi connectivity index (χ3v) is 6.23. The zero-order valence-electron chi connectivity index (χ0n) is 19.8. The maximum absolute atomic E-state index is 12.8. The van der Waals surface area contributed by atoms with E-state index in [1.165, 1.54) is 6.33 Å². The quantitative estimate of drug-likeness (QED) is 0.353. The van der Waals surface area contributed by atoms with Gasteiger partial charge in [-0.2, -0.15) is 0 Å². The second-order valence-corrected chi connectivity index (χ2v) is 8.34. The molecule has 1 fully saturated rings. The maximum Gasteiger partial charge on any atom is 0.332 e. The summed E-state index contributed by atoms with van der Waals surface area (Å²) in [6, 6.07) is 14.7. The molecule has 0 atom stereocenters. The third kappa shape index (κ3) is 4.36. The molecular formula is C25H27N7O4. The number of hydrogen-bond acceptors (Lipinski definition) is 8. The smallest absolute Gasteiger partial charge is 0.332 e. The first-order valence-electron chi connectivity index (χ1n) is 11.7. The van der Waals surface area contributed by atoms with Gasteiger partial charge in [-0.25, -0.2) is 19.3 Å². The number of nitrogens with zero attached hydrogens (tertiary/aromatic N) is 5. The van der Waals surface area contributed by atoms with Gasteiger partial charge < -0.3 is 29.9 Å². The number of para-hydroxylation sites is 1. The molecule has 2 aromatic carbocycles. The lowest BCUT2D eigenvalue weighted by Gasteiger charge is -2.37. The van der Waals surface area contributed by atoms with Gasteiger partial charge in [-0.15, -0.1) is 0 Å². The molecule has 0 bridgehead atoms. The molecule has 0 saturated carbocycles. The van der Waals surface area contributed by atoms with E-state index in [4.69, 9.17) is 9.84 Å². The first-order chi connectivity index (χ1) is 17.6. The molecule has 1 amide bonds. The van der Waals surface area contributed by atoms with E-state index in [9.17, 15) is 9.59 Å². The molecule has 36 heavy (non-hydrogen) atoms. The van der Waals surface area contributed by atoms with Crippen LogP contribution in [0.1, 0.15) is 10.4 Å². The van der Waals surface area contributed by atoms with Crippen molar-refractivity contribution in [2.45, 2.75) is 0 Å². The molecule has 186 valence electrons. The zero-order valence-corrected chi connectivity index (χ0v) is 19.8. The summed E-state index contributed by atoms with van der Waals surface area (Å²) in [6.07, 6.45) is 1.48. The zero-order chi connectivity index (χ0) is 25.1. The number of fused-ring (bicyclic) bond motifs is 1. The Morgan fingerprint density at radius 3 is 2.56 bits per heavy atom. The topological polar surface area (TPSA) is 129 Å². The summed E-state index contributed by atoms with van der Waals surface area (Å²) in [5, 5.41) is 11.7. The number of carbonyl (C=O) groups is 1. The molecule has 3 heterocycles. The Bertz CT molecular complexity index is 1430. The Kier molecular flexibility index (Phi) is 6.54. The number of hydrogen-bond donors (Lipinski definition) is 3. The molecule has 1 aliphatic heterocycles. The highest BCUT2D eigenvalue weighted by Gasteiger charge is 2.25. The summed E-state index contributed by atoms with van der Waals surface area (Å²) in [5.41, 5.74) is 2.92. The van der Waals surface area contributed by atoms with E-state index >= 15 is 0 Å².